The van der Waals surface area contributed by atoms with Crippen LogP contribution in [0.1, 0.15) is 48.3 Å². The average molecular weight is 362 g/mol. The molecule has 0 aliphatic carbocycles. The van der Waals surface area contributed by atoms with Gasteiger partial charge in [-0.2, -0.15) is 0 Å². The zero-order chi connectivity index (χ0) is 10.8. The van der Waals surface area contributed by atoms with Crippen LogP contribution in [-0.2, 0) is 0 Å². The van der Waals surface area contributed by atoms with Gasteiger partial charge in [0.2, 0.25) is 0 Å². The van der Waals surface area contributed by atoms with Gasteiger partial charge in [0.15, 0.2) is 0 Å². The fourth-order valence-corrected chi connectivity index (χ4v) is 2.52. The molecule has 16 heavy (non-hydrogen) atoms. The number of unbranched alkanes of at least 4 members (excludes halogenated alkanes) is 5. The van der Waals surface area contributed by atoms with Crippen LogP contribution in [0.15, 0.2) is 35.2 Å². The Morgan fingerprint density at radius 3 is 2.25 bits per heavy atom. The maximum atomic E-state index is 2.27. The van der Waals surface area contributed by atoms with Crippen molar-refractivity contribution in [1.82, 2.24) is 0 Å². The van der Waals surface area contributed by atoms with E-state index in [2.05, 4.69) is 37.3 Å². The molecule has 1 aromatic rings. The topological polar surface area (TPSA) is 0 Å². The summed E-state index contributed by atoms with van der Waals surface area (Å²) in [5, 5.41) is 0. The molecule has 0 aromatic heterocycles. The molecule has 88 valence electrons. The molecule has 0 saturated carbocycles. The van der Waals surface area contributed by atoms with Crippen molar-refractivity contribution in [3.63, 3.8) is 0 Å². The predicted molar refractivity (Wildman–Crippen MR) is 78.5 cm³/mol. The van der Waals surface area contributed by atoms with E-state index in [4.69, 9.17) is 0 Å². The van der Waals surface area contributed by atoms with Crippen molar-refractivity contribution in [3.05, 3.63) is 30.3 Å². The van der Waals surface area contributed by atoms with E-state index >= 15 is 0 Å². The zero-order valence-electron chi connectivity index (χ0n) is 12.5. The number of hydrogen-bond donors (Lipinski definition) is 0. The maximum Gasteiger partial charge on any atom is 2.00 e. The van der Waals surface area contributed by atoms with Crippen LogP contribution in [0.4, 0.5) is 0 Å². The Bertz CT molecular complexity index is 245. The smallest absolute Gasteiger partial charge is 1.00 e. The average Bonchev–Trinajstić information content (AvgIpc) is 2.29. The normalized spacial score (nSPS) is 9.81. The Morgan fingerprint density at radius 2 is 1.56 bits per heavy atom. The first-order valence-electron chi connectivity index (χ1n) is 6.11. The molecule has 0 nitrogen and oxygen atoms in total. The number of thioether (sulfide) groups is 1. The molecule has 0 radical (unpaired) electrons. The van der Waals surface area contributed by atoms with Gasteiger partial charge in [0.05, 0.1) is 0 Å². The van der Waals surface area contributed by atoms with E-state index in [-0.39, 0.29) is 51.7 Å². The van der Waals surface area contributed by atoms with Gasteiger partial charge >= 0.3 is 48.9 Å². The van der Waals surface area contributed by atoms with Gasteiger partial charge in [-0.1, -0.05) is 57.2 Å². The van der Waals surface area contributed by atoms with E-state index in [1.54, 1.807) is 0 Å². The Morgan fingerprint density at radius 1 is 0.938 bits per heavy atom. The third-order valence-electron chi connectivity index (χ3n) is 2.51. The quantitative estimate of drug-likeness (QED) is 0.357. The largest absolute Gasteiger partial charge is 2.00 e. The van der Waals surface area contributed by atoms with Gasteiger partial charge in [-0.05, 0) is 24.3 Å². The summed E-state index contributed by atoms with van der Waals surface area (Å²) < 4.78 is 0. The molecule has 0 amide bonds. The van der Waals surface area contributed by atoms with Crippen LogP contribution < -0.4 is 0 Å². The summed E-state index contributed by atoms with van der Waals surface area (Å²) in [5.41, 5.74) is 0. The van der Waals surface area contributed by atoms with Crippen LogP contribution >= 0.6 is 11.8 Å². The van der Waals surface area contributed by atoms with Crippen molar-refractivity contribution in [2.75, 3.05) is 5.75 Å². The first-order chi connectivity index (χ1) is 7.43. The summed E-state index contributed by atoms with van der Waals surface area (Å²) in [4.78, 5) is 1.41. The molecular weight excluding hydrogens is 338 g/mol. The van der Waals surface area contributed by atoms with Crippen molar-refractivity contribution in [2.24, 2.45) is 0 Å². The molecule has 0 aliphatic heterocycles. The van der Waals surface area contributed by atoms with E-state index in [1.165, 1.54) is 49.2 Å². The van der Waals surface area contributed by atoms with Crippen LogP contribution in [-0.4, -0.2) is 54.6 Å². The van der Waals surface area contributed by atoms with Crippen LogP contribution in [0, 0.1) is 0 Å². The second kappa shape index (κ2) is 12.6. The molecule has 0 fully saturated rings. The number of benzene rings is 1. The minimum Gasteiger partial charge on any atom is -1.00 e. The molecule has 0 saturated heterocycles. The molecule has 2 heteroatoms. The van der Waals surface area contributed by atoms with Crippen LogP contribution in [0.5, 0.6) is 0 Å². The van der Waals surface area contributed by atoms with Gasteiger partial charge in [-0.3, -0.25) is 0 Å². The standard InChI is InChI=1S/C14H22S.Ba.2H/c1-2-3-4-5-6-10-13-15-14-11-8-7-9-12-14;;;/h7-9,11-12H,2-6,10,13H2,1H3;;;/q;+2;2*-1. The number of hydrogen-bond acceptors (Lipinski definition) is 1. The summed E-state index contributed by atoms with van der Waals surface area (Å²) in [7, 11) is 0. The van der Waals surface area contributed by atoms with Gasteiger partial charge in [0, 0.05) is 4.90 Å². The third-order valence-corrected chi connectivity index (χ3v) is 3.61. The van der Waals surface area contributed by atoms with Gasteiger partial charge in [0.25, 0.3) is 0 Å². The van der Waals surface area contributed by atoms with Gasteiger partial charge in [0.1, 0.15) is 0 Å². The Balaban J connectivity index is -0.000000750. The SMILES string of the molecule is CCCCCCCCSc1ccccc1.[Ba+2].[H-].[H-]. The molecule has 1 aromatic carbocycles. The van der Waals surface area contributed by atoms with E-state index in [1.807, 2.05) is 11.8 Å². The molecule has 0 spiro atoms. The molecule has 0 aliphatic rings. The minimum absolute atomic E-state index is 0. The number of rotatable bonds is 8. The molecular formula is C14H24BaS. The molecule has 0 unspecified atom stereocenters. The van der Waals surface area contributed by atoms with E-state index in [0.29, 0.717) is 0 Å². The van der Waals surface area contributed by atoms with Gasteiger partial charge in [-0.15, -0.1) is 11.8 Å². The van der Waals surface area contributed by atoms with Crippen LogP contribution in [0.25, 0.3) is 0 Å². The Labute approximate surface area is 148 Å². The first kappa shape index (κ1) is 17.1. The second-order valence-corrected chi connectivity index (χ2v) is 5.10. The van der Waals surface area contributed by atoms with E-state index in [0.717, 1.165) is 0 Å². The van der Waals surface area contributed by atoms with Crippen LogP contribution in [0.2, 0.25) is 0 Å². The van der Waals surface area contributed by atoms with E-state index < -0.39 is 0 Å². The summed E-state index contributed by atoms with van der Waals surface area (Å²) in [5.74, 6) is 1.27. The maximum absolute atomic E-state index is 2.27. The monoisotopic (exact) mass is 362 g/mol. The fraction of sp³-hybridized carbons (Fsp3) is 0.571. The molecule has 0 atom stereocenters. The summed E-state index contributed by atoms with van der Waals surface area (Å²) >= 11 is 1.98. The summed E-state index contributed by atoms with van der Waals surface area (Å²) in [6.07, 6.45) is 8.36. The van der Waals surface area contributed by atoms with Crippen molar-refractivity contribution in [1.29, 1.82) is 0 Å². The third kappa shape index (κ3) is 9.20. The van der Waals surface area contributed by atoms with Gasteiger partial charge < -0.3 is 2.85 Å². The molecule has 0 heterocycles. The molecule has 1 rings (SSSR count). The molecule has 0 bridgehead atoms. The van der Waals surface area contributed by atoms with E-state index in [9.17, 15) is 0 Å². The van der Waals surface area contributed by atoms with Gasteiger partial charge in [-0.25, -0.2) is 0 Å². The summed E-state index contributed by atoms with van der Waals surface area (Å²) in [6.45, 7) is 2.27. The van der Waals surface area contributed by atoms with Crippen molar-refractivity contribution < 1.29 is 2.85 Å². The Kier molecular flexibility index (Phi) is 13.5. The predicted octanol–water partition coefficient (Wildman–Crippen LogP) is 4.98. The second-order valence-electron chi connectivity index (χ2n) is 3.93. The van der Waals surface area contributed by atoms with Crippen molar-refractivity contribution in [2.45, 2.75) is 50.3 Å². The fourth-order valence-electron chi connectivity index (χ4n) is 1.59. The summed E-state index contributed by atoms with van der Waals surface area (Å²) in [6, 6.07) is 10.7. The first-order valence-corrected chi connectivity index (χ1v) is 7.10. The minimum atomic E-state index is 0. The van der Waals surface area contributed by atoms with Crippen molar-refractivity contribution >= 4 is 60.6 Å². The Hall–Kier alpha value is 1.14. The zero-order valence-corrected chi connectivity index (χ0v) is 15.7. The van der Waals surface area contributed by atoms with Crippen molar-refractivity contribution in [3.8, 4) is 0 Å². The molecule has 0 N–H and O–H groups in total. The van der Waals surface area contributed by atoms with Crippen LogP contribution in [0.3, 0.4) is 0 Å².